The molecule has 10 nitrogen and oxygen atoms in total. The molecule has 0 bridgehead atoms. The fraction of sp³-hybridized carbons (Fsp3) is 0.333. The molecule has 0 fully saturated rings. The Bertz CT molecular complexity index is 1830. The average molecular weight is 610 g/mol. The van der Waals surface area contributed by atoms with Crippen LogP contribution in [0.15, 0.2) is 71.8 Å². The third-order valence-electron chi connectivity index (χ3n) is 7.82. The summed E-state index contributed by atoms with van der Waals surface area (Å²) in [6, 6.07) is 18.6. The lowest BCUT2D eigenvalue weighted by molar-refractivity contribution is 0.0785. The Balaban J connectivity index is 1.46. The van der Waals surface area contributed by atoms with E-state index in [2.05, 4.69) is 58.3 Å². The minimum Gasteiger partial charge on any atom is -0.497 e. The van der Waals surface area contributed by atoms with Gasteiger partial charge >= 0.3 is 0 Å². The van der Waals surface area contributed by atoms with E-state index in [4.69, 9.17) is 14.5 Å². The maximum Gasteiger partial charge on any atom is 0.282 e. The number of rotatable bonds is 11. The summed E-state index contributed by atoms with van der Waals surface area (Å²) in [6.45, 7) is 7.96. The van der Waals surface area contributed by atoms with Gasteiger partial charge in [-0.15, -0.1) is 5.10 Å². The summed E-state index contributed by atoms with van der Waals surface area (Å²) in [5.74, 6) is 1.42. The zero-order valence-corrected chi connectivity index (χ0v) is 26.8. The van der Waals surface area contributed by atoms with Crippen LogP contribution in [0.1, 0.15) is 31.2 Å². The van der Waals surface area contributed by atoms with Crippen molar-refractivity contribution in [2.75, 3.05) is 19.0 Å². The Morgan fingerprint density at radius 2 is 1.80 bits per heavy atom. The highest BCUT2D eigenvalue weighted by atomic mass is 28.3. The second-order valence-corrected chi connectivity index (χ2v) is 17.9. The van der Waals surface area contributed by atoms with Crippen molar-refractivity contribution in [3.63, 3.8) is 0 Å². The Morgan fingerprint density at radius 3 is 2.50 bits per heavy atom. The first-order valence-corrected chi connectivity index (χ1v) is 18.8. The number of nitrogens with zero attached hydrogens (tertiary/aromatic N) is 5. The van der Waals surface area contributed by atoms with Gasteiger partial charge in [-0.25, -0.2) is 14.6 Å². The van der Waals surface area contributed by atoms with Gasteiger partial charge in [-0.05, 0) is 55.0 Å². The van der Waals surface area contributed by atoms with Crippen molar-refractivity contribution in [2.24, 2.45) is 0 Å². The molecule has 2 N–H and O–H groups in total. The third-order valence-corrected chi connectivity index (χ3v) is 9.52. The van der Waals surface area contributed by atoms with Crippen molar-refractivity contribution in [1.82, 2.24) is 29.4 Å². The summed E-state index contributed by atoms with van der Waals surface area (Å²) in [5.41, 5.74) is 5.45. The zero-order chi connectivity index (χ0) is 30.7. The topological polar surface area (TPSA) is 111 Å². The summed E-state index contributed by atoms with van der Waals surface area (Å²) in [4.78, 5) is 23.9. The van der Waals surface area contributed by atoms with Gasteiger partial charge < -0.3 is 14.8 Å². The Labute approximate surface area is 257 Å². The monoisotopic (exact) mass is 609 g/mol. The largest absolute Gasteiger partial charge is 0.497 e. The van der Waals surface area contributed by atoms with Crippen LogP contribution in [0.2, 0.25) is 25.7 Å². The van der Waals surface area contributed by atoms with Gasteiger partial charge in [0, 0.05) is 25.8 Å². The lowest BCUT2D eigenvalue weighted by atomic mass is 9.92. The van der Waals surface area contributed by atoms with E-state index < -0.39 is 8.07 Å². The summed E-state index contributed by atoms with van der Waals surface area (Å²) >= 11 is 0. The van der Waals surface area contributed by atoms with Crippen molar-refractivity contribution in [3.05, 3.63) is 82.9 Å². The number of aromatic amines is 1. The van der Waals surface area contributed by atoms with E-state index in [-0.39, 0.29) is 5.56 Å². The average Bonchev–Trinajstić information content (AvgIpc) is 3.65. The minimum atomic E-state index is -1.19. The van der Waals surface area contributed by atoms with Crippen molar-refractivity contribution in [1.29, 1.82) is 0 Å². The van der Waals surface area contributed by atoms with Crippen LogP contribution in [-0.4, -0.2) is 51.2 Å². The van der Waals surface area contributed by atoms with Crippen LogP contribution in [0.5, 0.6) is 5.75 Å². The van der Waals surface area contributed by atoms with Crippen LogP contribution < -0.4 is 15.6 Å². The number of methoxy groups -OCH3 is 1. The van der Waals surface area contributed by atoms with Crippen molar-refractivity contribution in [2.45, 2.75) is 58.1 Å². The molecule has 0 atom stereocenters. The third kappa shape index (κ3) is 6.39. The summed E-state index contributed by atoms with van der Waals surface area (Å²) in [5, 5.41) is 11.2. The highest BCUT2D eigenvalue weighted by molar-refractivity contribution is 6.76. The molecule has 3 heterocycles. The predicted octanol–water partition coefficient (Wildman–Crippen LogP) is 6.97. The van der Waals surface area contributed by atoms with E-state index >= 15 is 0 Å². The number of aromatic nitrogens is 6. The molecule has 0 spiro atoms. The second kappa shape index (κ2) is 12.6. The normalized spacial score (nSPS) is 13.7. The molecule has 1 aliphatic carbocycles. The number of anilines is 2. The molecule has 3 aromatic heterocycles. The lowest BCUT2D eigenvalue weighted by Crippen LogP contribution is -2.22. The number of hydrogen-bond acceptors (Lipinski definition) is 7. The highest BCUT2D eigenvalue weighted by Crippen LogP contribution is 2.37. The van der Waals surface area contributed by atoms with E-state index in [0.717, 1.165) is 48.5 Å². The maximum absolute atomic E-state index is 14.4. The fourth-order valence-electron chi connectivity index (χ4n) is 5.42. The van der Waals surface area contributed by atoms with Crippen molar-refractivity contribution in [3.8, 4) is 28.1 Å². The van der Waals surface area contributed by atoms with Crippen LogP contribution in [0, 0.1) is 0 Å². The SMILES string of the molecule is COc1ccc(-c2c(Nc3ncn(COCC[Si](C)(C)C)n3)nc3c(C4=CCCCC4)c(-c4ccccc4)[nH]n3c2=O)cc1. The molecule has 5 aromatic rings. The number of benzene rings is 2. The van der Waals surface area contributed by atoms with Gasteiger partial charge in [-0.2, -0.15) is 4.52 Å². The van der Waals surface area contributed by atoms with E-state index in [1.165, 1.54) is 5.57 Å². The van der Waals surface area contributed by atoms with E-state index in [1.807, 2.05) is 42.5 Å². The Hall–Kier alpha value is -4.48. The molecule has 0 saturated carbocycles. The van der Waals surface area contributed by atoms with Gasteiger partial charge in [0.05, 0.1) is 18.4 Å². The Morgan fingerprint density at radius 1 is 1.00 bits per heavy atom. The molecular formula is C33H39N7O3Si. The Kier molecular flexibility index (Phi) is 8.49. The summed E-state index contributed by atoms with van der Waals surface area (Å²) < 4.78 is 14.4. The lowest BCUT2D eigenvalue weighted by Gasteiger charge is -2.15. The molecule has 1 aliphatic rings. The molecule has 11 heteroatoms. The number of fused-ring (bicyclic) bond motifs is 1. The molecular weight excluding hydrogens is 570 g/mol. The van der Waals surface area contributed by atoms with Crippen molar-refractivity contribution < 1.29 is 9.47 Å². The molecule has 0 saturated heterocycles. The first-order valence-electron chi connectivity index (χ1n) is 15.1. The van der Waals surface area contributed by atoms with Gasteiger partial charge in [0.1, 0.15) is 24.6 Å². The summed E-state index contributed by atoms with van der Waals surface area (Å²) in [6.07, 6.45) is 8.08. The molecule has 0 aliphatic heterocycles. The number of allylic oxidation sites excluding steroid dienone is 2. The zero-order valence-electron chi connectivity index (χ0n) is 25.8. The number of ether oxygens (including phenoxy) is 2. The van der Waals surface area contributed by atoms with Crippen molar-refractivity contribution >= 4 is 31.1 Å². The van der Waals surface area contributed by atoms with Gasteiger partial charge in [-0.1, -0.05) is 68.2 Å². The van der Waals surface area contributed by atoms with Gasteiger partial charge in [0.15, 0.2) is 5.65 Å². The standard InChI is InChI=1S/C33H39N7O3Si/c1-42-26-17-15-24(16-18-26)28-30(36-33-34-21-39(38-33)22-43-19-20-44(2,3)4)35-31-27(23-11-7-5-8-12-23)29(37-40(31)32(28)41)25-13-9-6-10-14-25/h6,9-11,13-18,21,37H,5,7-8,12,19-20,22H2,1-4H3,(H,36,38). The maximum atomic E-state index is 14.4. The molecule has 0 amide bonds. The molecule has 2 aromatic carbocycles. The first kappa shape index (κ1) is 29.6. The fourth-order valence-corrected chi connectivity index (χ4v) is 6.18. The first-order chi connectivity index (χ1) is 21.3. The van der Waals surface area contributed by atoms with Crippen LogP contribution in [0.25, 0.3) is 33.6 Å². The van der Waals surface area contributed by atoms with Gasteiger partial charge in [0.25, 0.3) is 5.56 Å². The van der Waals surface area contributed by atoms with Gasteiger partial charge in [0.2, 0.25) is 5.95 Å². The quantitative estimate of drug-likeness (QED) is 0.123. The second-order valence-electron chi connectivity index (χ2n) is 12.3. The van der Waals surface area contributed by atoms with E-state index in [9.17, 15) is 4.79 Å². The molecule has 44 heavy (non-hydrogen) atoms. The molecule has 6 rings (SSSR count). The van der Waals surface area contributed by atoms with E-state index in [1.54, 1.807) is 22.6 Å². The highest BCUT2D eigenvalue weighted by Gasteiger charge is 2.25. The number of H-pyrrole nitrogens is 1. The van der Waals surface area contributed by atoms with Crippen LogP contribution in [0.4, 0.5) is 11.8 Å². The van der Waals surface area contributed by atoms with Crippen LogP contribution in [0.3, 0.4) is 0 Å². The smallest absolute Gasteiger partial charge is 0.282 e. The van der Waals surface area contributed by atoms with Gasteiger partial charge in [-0.3, -0.25) is 9.89 Å². The molecule has 0 unspecified atom stereocenters. The minimum absolute atomic E-state index is 0.225. The van der Waals surface area contributed by atoms with Crippen LogP contribution >= 0.6 is 0 Å². The van der Waals surface area contributed by atoms with Crippen LogP contribution in [-0.2, 0) is 11.5 Å². The van der Waals surface area contributed by atoms with E-state index in [0.29, 0.717) is 47.6 Å². The number of hydrogen-bond donors (Lipinski definition) is 2. The molecule has 0 radical (unpaired) electrons. The summed E-state index contributed by atoms with van der Waals surface area (Å²) in [7, 11) is 0.430. The molecule has 228 valence electrons. The predicted molar refractivity (Wildman–Crippen MR) is 177 cm³/mol. The number of nitrogens with one attached hydrogen (secondary N) is 2.